The molecule has 4 N–H and O–H groups in total. The van der Waals surface area contributed by atoms with Crippen LogP contribution >= 0.6 is 38.5 Å². The smallest absolute Gasteiger partial charge is 0.223 e. The maximum atomic E-state index is 5.64. The molecular weight excluding hydrogens is 409 g/mol. The summed E-state index contributed by atoms with van der Waals surface area (Å²) in [7, 11) is 1.78. The van der Waals surface area contributed by atoms with Crippen molar-refractivity contribution in [1.29, 1.82) is 0 Å². The molecule has 0 saturated carbocycles. The zero-order valence-electron chi connectivity index (χ0n) is 9.54. The van der Waals surface area contributed by atoms with E-state index in [9.17, 15) is 0 Å². The first-order valence-corrected chi connectivity index (χ1v) is 7.00. The molecule has 1 aromatic heterocycles. The summed E-state index contributed by atoms with van der Waals surface area (Å²) in [5, 5.41) is 6.13. The van der Waals surface area contributed by atoms with Crippen LogP contribution in [0.1, 0.15) is 0 Å². The van der Waals surface area contributed by atoms with Gasteiger partial charge in [0, 0.05) is 21.2 Å². The summed E-state index contributed by atoms with van der Waals surface area (Å²) in [5.41, 5.74) is 6.56. The van der Waals surface area contributed by atoms with E-state index in [1.165, 1.54) is 0 Å². The van der Waals surface area contributed by atoms with Gasteiger partial charge in [-0.15, -0.1) is 0 Å². The van der Waals surface area contributed by atoms with Crippen LogP contribution in [0.15, 0.2) is 28.7 Å². The van der Waals surface area contributed by atoms with E-state index in [4.69, 9.17) is 5.73 Å². The van der Waals surface area contributed by atoms with Crippen molar-refractivity contribution in [1.82, 2.24) is 9.97 Å². The van der Waals surface area contributed by atoms with Gasteiger partial charge in [-0.3, -0.25) is 0 Å². The third-order valence-corrected chi connectivity index (χ3v) is 3.52. The van der Waals surface area contributed by atoms with Gasteiger partial charge in [0.05, 0.1) is 5.69 Å². The number of rotatable bonds is 3. The Morgan fingerprint density at radius 3 is 2.61 bits per heavy atom. The Labute approximate surface area is 127 Å². The molecule has 0 atom stereocenters. The van der Waals surface area contributed by atoms with Gasteiger partial charge in [-0.2, -0.15) is 9.97 Å². The van der Waals surface area contributed by atoms with Gasteiger partial charge in [0.15, 0.2) is 0 Å². The summed E-state index contributed by atoms with van der Waals surface area (Å²) >= 11 is 5.76. The van der Waals surface area contributed by atoms with E-state index in [-0.39, 0.29) is 5.95 Å². The number of aromatic nitrogens is 2. The average Bonchev–Trinajstić information content (AvgIpc) is 2.32. The van der Waals surface area contributed by atoms with Gasteiger partial charge in [0.25, 0.3) is 0 Å². The molecule has 0 aliphatic heterocycles. The Kier molecular flexibility index (Phi) is 4.23. The Morgan fingerprint density at radius 1 is 1.22 bits per heavy atom. The molecule has 0 saturated heterocycles. The number of halogens is 2. The highest BCUT2D eigenvalue weighted by Gasteiger charge is 2.04. The topological polar surface area (TPSA) is 75.9 Å². The molecule has 1 aromatic carbocycles. The minimum absolute atomic E-state index is 0.228. The number of anilines is 4. The fourth-order valence-corrected chi connectivity index (χ4v) is 2.78. The van der Waals surface area contributed by atoms with Gasteiger partial charge in [-0.05, 0) is 56.7 Å². The van der Waals surface area contributed by atoms with Crippen molar-refractivity contribution in [2.45, 2.75) is 0 Å². The maximum absolute atomic E-state index is 5.64. The van der Waals surface area contributed by atoms with Crippen LogP contribution < -0.4 is 16.4 Å². The predicted octanol–water partition coefficient (Wildman–Crippen LogP) is 3.21. The minimum atomic E-state index is 0.228. The van der Waals surface area contributed by atoms with Crippen LogP contribution in [0.5, 0.6) is 0 Å². The third-order valence-electron chi connectivity index (χ3n) is 2.19. The minimum Gasteiger partial charge on any atom is -0.373 e. The lowest BCUT2D eigenvalue weighted by Crippen LogP contribution is -2.03. The lowest BCUT2D eigenvalue weighted by atomic mass is 10.3. The highest BCUT2D eigenvalue weighted by atomic mass is 127. The molecule has 0 amide bonds. The molecule has 0 fully saturated rings. The third kappa shape index (κ3) is 3.22. The SMILES string of the molecule is CNc1cc(Nc2ccc(I)cc2Br)nc(N)n1. The summed E-state index contributed by atoms with van der Waals surface area (Å²) < 4.78 is 2.13. The van der Waals surface area contributed by atoms with Crippen LogP contribution in [0.4, 0.5) is 23.3 Å². The largest absolute Gasteiger partial charge is 0.373 e. The number of benzene rings is 1. The van der Waals surface area contributed by atoms with Crippen molar-refractivity contribution in [2.24, 2.45) is 0 Å². The molecule has 18 heavy (non-hydrogen) atoms. The van der Waals surface area contributed by atoms with Crippen molar-refractivity contribution in [3.63, 3.8) is 0 Å². The quantitative estimate of drug-likeness (QED) is 0.666. The fraction of sp³-hybridized carbons (Fsp3) is 0.0909. The molecule has 5 nitrogen and oxygen atoms in total. The van der Waals surface area contributed by atoms with Crippen LogP contribution in [-0.4, -0.2) is 17.0 Å². The predicted molar refractivity (Wildman–Crippen MR) is 86.1 cm³/mol. The lowest BCUT2D eigenvalue weighted by Gasteiger charge is -2.10. The van der Waals surface area contributed by atoms with Crippen molar-refractivity contribution in [3.05, 3.63) is 32.3 Å². The highest BCUT2D eigenvalue weighted by molar-refractivity contribution is 14.1. The first kappa shape index (κ1) is 13.3. The second kappa shape index (κ2) is 5.70. The molecule has 0 aliphatic carbocycles. The number of nitrogens with zero attached hydrogens (tertiary/aromatic N) is 2. The molecule has 2 aromatic rings. The van der Waals surface area contributed by atoms with Crippen LogP contribution in [0, 0.1) is 3.57 Å². The van der Waals surface area contributed by atoms with Gasteiger partial charge in [0.1, 0.15) is 11.6 Å². The highest BCUT2D eigenvalue weighted by Crippen LogP contribution is 2.27. The maximum Gasteiger partial charge on any atom is 0.223 e. The first-order valence-electron chi connectivity index (χ1n) is 5.13. The second-order valence-electron chi connectivity index (χ2n) is 3.50. The lowest BCUT2D eigenvalue weighted by molar-refractivity contribution is 1.17. The Hall–Kier alpha value is -1.09. The number of hydrogen-bond donors (Lipinski definition) is 3. The van der Waals surface area contributed by atoms with E-state index in [1.807, 2.05) is 18.2 Å². The normalized spacial score (nSPS) is 10.2. The van der Waals surface area contributed by atoms with E-state index in [0.717, 1.165) is 13.7 Å². The van der Waals surface area contributed by atoms with Crippen molar-refractivity contribution >= 4 is 61.8 Å². The molecule has 1 heterocycles. The summed E-state index contributed by atoms with van der Waals surface area (Å²) in [6.07, 6.45) is 0. The van der Waals surface area contributed by atoms with Crippen molar-refractivity contribution in [3.8, 4) is 0 Å². The zero-order chi connectivity index (χ0) is 13.1. The van der Waals surface area contributed by atoms with Crippen LogP contribution in [0.2, 0.25) is 0 Å². The van der Waals surface area contributed by atoms with Gasteiger partial charge in [-0.25, -0.2) is 0 Å². The molecule has 7 heteroatoms. The van der Waals surface area contributed by atoms with E-state index in [2.05, 4.69) is 59.1 Å². The van der Waals surface area contributed by atoms with E-state index < -0.39 is 0 Å². The average molecular weight is 420 g/mol. The molecule has 0 radical (unpaired) electrons. The van der Waals surface area contributed by atoms with Gasteiger partial charge in [-0.1, -0.05) is 0 Å². The summed E-state index contributed by atoms with van der Waals surface area (Å²) in [4.78, 5) is 8.17. The zero-order valence-corrected chi connectivity index (χ0v) is 13.3. The molecule has 0 spiro atoms. The van der Waals surface area contributed by atoms with Crippen LogP contribution in [0.3, 0.4) is 0 Å². The molecule has 94 valence electrons. The van der Waals surface area contributed by atoms with Gasteiger partial charge in [0.2, 0.25) is 5.95 Å². The van der Waals surface area contributed by atoms with E-state index in [0.29, 0.717) is 11.6 Å². The van der Waals surface area contributed by atoms with Gasteiger partial charge < -0.3 is 16.4 Å². The Morgan fingerprint density at radius 2 is 1.94 bits per heavy atom. The molecular formula is C11H11BrIN5. The number of nitrogens with two attached hydrogens (primary N) is 1. The molecule has 2 rings (SSSR count). The molecule has 0 bridgehead atoms. The van der Waals surface area contributed by atoms with Crippen LogP contribution in [0.25, 0.3) is 0 Å². The summed E-state index contributed by atoms with van der Waals surface area (Å²) in [6.45, 7) is 0. The second-order valence-corrected chi connectivity index (χ2v) is 5.60. The van der Waals surface area contributed by atoms with E-state index >= 15 is 0 Å². The first-order chi connectivity index (χ1) is 8.58. The Bertz CT molecular complexity index is 575. The van der Waals surface area contributed by atoms with Crippen LogP contribution in [-0.2, 0) is 0 Å². The monoisotopic (exact) mass is 419 g/mol. The summed E-state index contributed by atoms with van der Waals surface area (Å²) in [6, 6.07) is 7.80. The standard InChI is InChI=1S/C11H11BrIN5/c1-15-9-5-10(18-11(14)17-9)16-8-3-2-6(13)4-7(8)12/h2-5H,1H3,(H4,14,15,16,17,18). The fourth-order valence-electron chi connectivity index (χ4n) is 1.39. The molecule has 0 aliphatic rings. The van der Waals surface area contributed by atoms with Gasteiger partial charge >= 0.3 is 0 Å². The Balaban J connectivity index is 2.30. The molecule has 0 unspecified atom stereocenters. The van der Waals surface area contributed by atoms with Crippen molar-refractivity contribution < 1.29 is 0 Å². The number of nitrogens with one attached hydrogen (secondary N) is 2. The van der Waals surface area contributed by atoms with Crippen molar-refractivity contribution in [2.75, 3.05) is 23.4 Å². The number of nitrogen functional groups attached to an aromatic ring is 1. The number of hydrogen-bond acceptors (Lipinski definition) is 5. The van der Waals surface area contributed by atoms with E-state index in [1.54, 1.807) is 13.1 Å². The summed E-state index contributed by atoms with van der Waals surface area (Å²) in [5.74, 6) is 1.55.